The maximum Gasteiger partial charge on any atom is 0.311 e. The van der Waals surface area contributed by atoms with Crippen LogP contribution in [0.25, 0.3) is 0 Å². The quantitative estimate of drug-likeness (QED) is 0.361. The molecule has 0 aliphatic heterocycles. The number of carbonyl (C=O) groups is 1. The van der Waals surface area contributed by atoms with Gasteiger partial charge in [-0.25, -0.2) is 0 Å². The molecule has 0 amide bonds. The van der Waals surface area contributed by atoms with Crippen LogP contribution in [0.15, 0.2) is 18.2 Å². The average Bonchev–Trinajstić information content (AvgIpc) is 2.28. The molecule has 0 radical (unpaired) electrons. The van der Waals surface area contributed by atoms with E-state index in [1.807, 2.05) is 0 Å². The molecule has 0 aliphatic rings. The fraction of sp³-hybridized carbons (Fsp3) is 0.300. The van der Waals surface area contributed by atoms with Crippen LogP contribution in [0, 0.1) is 10.1 Å². The second kappa shape index (κ2) is 5.60. The third-order valence-electron chi connectivity index (χ3n) is 1.90. The molecule has 0 heterocycles. The molecular formula is C10H10BrNO4. The van der Waals surface area contributed by atoms with Crippen molar-refractivity contribution >= 4 is 27.4 Å². The minimum absolute atomic E-state index is 0.0412. The number of alkyl halides is 1. The van der Waals surface area contributed by atoms with E-state index < -0.39 is 4.92 Å². The number of ketones is 1. The second-order valence-electron chi connectivity index (χ2n) is 2.90. The van der Waals surface area contributed by atoms with Crippen molar-refractivity contribution in [3.8, 4) is 5.75 Å². The smallest absolute Gasteiger partial charge is 0.311 e. The highest BCUT2D eigenvalue weighted by molar-refractivity contribution is 9.09. The predicted molar refractivity (Wildman–Crippen MR) is 62.4 cm³/mol. The zero-order chi connectivity index (χ0) is 12.1. The maximum absolute atomic E-state index is 11.5. The highest BCUT2D eigenvalue weighted by Crippen LogP contribution is 2.31. The van der Waals surface area contributed by atoms with Gasteiger partial charge in [-0.2, -0.15) is 0 Å². The fourth-order valence-electron chi connectivity index (χ4n) is 1.26. The number of ether oxygens (including phenoxy) is 1. The lowest BCUT2D eigenvalue weighted by Gasteiger charge is -2.08. The molecule has 0 fully saturated rings. The Bertz CT molecular complexity index is 419. The molecule has 86 valence electrons. The van der Waals surface area contributed by atoms with Gasteiger partial charge in [-0.05, 0) is 13.0 Å². The van der Waals surface area contributed by atoms with Crippen molar-refractivity contribution in [2.45, 2.75) is 6.92 Å². The van der Waals surface area contributed by atoms with Crippen LogP contribution in [0.1, 0.15) is 17.3 Å². The Morgan fingerprint density at radius 3 is 2.75 bits per heavy atom. The monoisotopic (exact) mass is 287 g/mol. The van der Waals surface area contributed by atoms with E-state index in [-0.39, 0.29) is 34.7 Å². The minimum Gasteiger partial charge on any atom is -0.487 e. The molecule has 1 aromatic carbocycles. The van der Waals surface area contributed by atoms with Crippen LogP contribution in [0.3, 0.4) is 0 Å². The second-order valence-corrected chi connectivity index (χ2v) is 3.46. The molecule has 0 aliphatic carbocycles. The molecule has 6 heteroatoms. The van der Waals surface area contributed by atoms with Crippen LogP contribution in [-0.2, 0) is 0 Å². The lowest BCUT2D eigenvalue weighted by atomic mass is 10.1. The van der Waals surface area contributed by atoms with E-state index >= 15 is 0 Å². The number of nitrogens with zero attached hydrogens (tertiary/aromatic N) is 1. The molecule has 0 bridgehead atoms. The van der Waals surface area contributed by atoms with Gasteiger partial charge in [0.2, 0.25) is 5.75 Å². The number of nitro groups is 1. The molecule has 0 saturated heterocycles. The molecule has 16 heavy (non-hydrogen) atoms. The predicted octanol–water partition coefficient (Wildman–Crippen LogP) is 2.57. The molecule has 0 saturated carbocycles. The van der Waals surface area contributed by atoms with Gasteiger partial charge in [0, 0.05) is 6.07 Å². The molecule has 0 aromatic heterocycles. The molecular weight excluding hydrogens is 278 g/mol. The Labute approximate surface area is 101 Å². The van der Waals surface area contributed by atoms with Crippen LogP contribution < -0.4 is 4.74 Å². The number of hydrogen-bond acceptors (Lipinski definition) is 4. The summed E-state index contributed by atoms with van der Waals surface area (Å²) in [5, 5.41) is 10.9. The summed E-state index contributed by atoms with van der Waals surface area (Å²) in [4.78, 5) is 21.7. The number of benzene rings is 1. The van der Waals surface area contributed by atoms with Gasteiger partial charge in [-0.1, -0.05) is 22.0 Å². The highest BCUT2D eigenvalue weighted by Gasteiger charge is 2.22. The van der Waals surface area contributed by atoms with Crippen molar-refractivity contribution in [1.82, 2.24) is 0 Å². The first-order chi connectivity index (χ1) is 7.61. The van der Waals surface area contributed by atoms with Gasteiger partial charge < -0.3 is 4.74 Å². The number of hydrogen-bond donors (Lipinski definition) is 0. The third kappa shape index (κ3) is 2.57. The molecule has 0 N–H and O–H groups in total. The lowest BCUT2D eigenvalue weighted by molar-refractivity contribution is -0.385. The number of Topliss-reactive ketones (excluding diaryl/α,β-unsaturated/α-hetero) is 1. The number of carbonyl (C=O) groups excluding carboxylic acids is 1. The number of para-hydroxylation sites is 1. The summed E-state index contributed by atoms with van der Waals surface area (Å²) >= 11 is 3.02. The van der Waals surface area contributed by atoms with Gasteiger partial charge in [-0.3, -0.25) is 14.9 Å². The van der Waals surface area contributed by atoms with Gasteiger partial charge in [-0.15, -0.1) is 0 Å². The standard InChI is InChI=1S/C10H10BrNO4/c1-2-16-10-7(9(13)6-11)4-3-5-8(10)12(14)15/h3-5H,2,6H2,1H3. The first-order valence-electron chi connectivity index (χ1n) is 4.61. The lowest BCUT2D eigenvalue weighted by Crippen LogP contribution is -2.07. The van der Waals surface area contributed by atoms with Crippen LogP contribution in [0.5, 0.6) is 5.75 Å². The zero-order valence-corrected chi connectivity index (χ0v) is 10.2. The summed E-state index contributed by atoms with van der Waals surface area (Å²) in [6.45, 7) is 1.98. The topological polar surface area (TPSA) is 69.4 Å². The van der Waals surface area contributed by atoms with Gasteiger partial charge in [0.15, 0.2) is 5.78 Å². The Balaban J connectivity index is 3.32. The summed E-state index contributed by atoms with van der Waals surface area (Å²) < 4.78 is 5.17. The van der Waals surface area contributed by atoms with E-state index in [2.05, 4.69) is 15.9 Å². The largest absolute Gasteiger partial charge is 0.487 e. The third-order valence-corrected chi connectivity index (χ3v) is 2.41. The Morgan fingerprint density at radius 2 is 2.25 bits per heavy atom. The zero-order valence-electron chi connectivity index (χ0n) is 8.60. The van der Waals surface area contributed by atoms with Gasteiger partial charge >= 0.3 is 5.69 Å². The Hall–Kier alpha value is -1.43. The Kier molecular flexibility index (Phi) is 4.42. The number of nitro benzene ring substituents is 1. The van der Waals surface area contributed by atoms with E-state index in [1.165, 1.54) is 18.2 Å². The number of halogens is 1. The van der Waals surface area contributed by atoms with Gasteiger partial charge in [0.25, 0.3) is 0 Å². The highest BCUT2D eigenvalue weighted by atomic mass is 79.9. The van der Waals surface area contributed by atoms with Crippen LogP contribution in [-0.4, -0.2) is 22.6 Å². The molecule has 1 rings (SSSR count). The van der Waals surface area contributed by atoms with Crippen LogP contribution >= 0.6 is 15.9 Å². The van der Waals surface area contributed by atoms with Crippen molar-refractivity contribution in [1.29, 1.82) is 0 Å². The molecule has 0 spiro atoms. The summed E-state index contributed by atoms with van der Waals surface area (Å²) in [6.07, 6.45) is 0. The normalized spacial score (nSPS) is 9.88. The van der Waals surface area contributed by atoms with Crippen LogP contribution in [0.2, 0.25) is 0 Å². The van der Waals surface area contributed by atoms with Crippen molar-refractivity contribution in [2.24, 2.45) is 0 Å². The first-order valence-corrected chi connectivity index (χ1v) is 5.73. The van der Waals surface area contributed by atoms with Gasteiger partial charge in [0.05, 0.1) is 22.4 Å². The van der Waals surface area contributed by atoms with Crippen molar-refractivity contribution in [3.05, 3.63) is 33.9 Å². The maximum atomic E-state index is 11.5. The SMILES string of the molecule is CCOc1c(C(=O)CBr)cccc1[N+](=O)[O-]. The Morgan fingerprint density at radius 1 is 1.56 bits per heavy atom. The number of rotatable bonds is 5. The van der Waals surface area contributed by atoms with E-state index in [4.69, 9.17) is 4.74 Å². The summed E-state index contributed by atoms with van der Waals surface area (Å²) in [7, 11) is 0. The summed E-state index contributed by atoms with van der Waals surface area (Å²) in [5.74, 6) is -0.202. The van der Waals surface area contributed by atoms with E-state index in [9.17, 15) is 14.9 Å². The molecule has 1 aromatic rings. The van der Waals surface area contributed by atoms with Gasteiger partial charge in [0.1, 0.15) is 0 Å². The average molecular weight is 288 g/mol. The molecule has 0 atom stereocenters. The molecule has 5 nitrogen and oxygen atoms in total. The van der Waals surface area contributed by atoms with Crippen molar-refractivity contribution in [2.75, 3.05) is 11.9 Å². The summed E-state index contributed by atoms with van der Waals surface area (Å²) in [5.41, 5.74) is 0.0431. The van der Waals surface area contributed by atoms with E-state index in [0.29, 0.717) is 0 Å². The fourth-order valence-corrected chi connectivity index (χ4v) is 1.56. The molecule has 0 unspecified atom stereocenters. The van der Waals surface area contributed by atoms with E-state index in [0.717, 1.165) is 0 Å². The summed E-state index contributed by atoms with van der Waals surface area (Å²) in [6, 6.07) is 4.30. The first kappa shape index (κ1) is 12.6. The minimum atomic E-state index is -0.560. The van der Waals surface area contributed by atoms with Crippen molar-refractivity contribution < 1.29 is 14.5 Å². The van der Waals surface area contributed by atoms with Crippen molar-refractivity contribution in [3.63, 3.8) is 0 Å². The van der Waals surface area contributed by atoms with Crippen LogP contribution in [0.4, 0.5) is 5.69 Å². The van der Waals surface area contributed by atoms with E-state index in [1.54, 1.807) is 6.92 Å².